The molecule has 3 aromatic rings. The average molecular weight is 456 g/mol. The van der Waals surface area contributed by atoms with E-state index in [9.17, 15) is 18.0 Å². The Morgan fingerprint density at radius 1 is 1.03 bits per heavy atom. The molecule has 1 aromatic heterocycles. The minimum Gasteiger partial charge on any atom is -0.464 e. The van der Waals surface area contributed by atoms with Gasteiger partial charge in [0.25, 0.3) is 5.91 Å². The number of sulfonamides is 1. The van der Waals surface area contributed by atoms with Crippen LogP contribution in [0.4, 0.5) is 0 Å². The highest BCUT2D eigenvalue weighted by Gasteiger charge is 2.27. The Balaban J connectivity index is 1.35. The maximum atomic E-state index is 12.6. The van der Waals surface area contributed by atoms with Crippen molar-refractivity contribution in [1.82, 2.24) is 15.2 Å². The van der Waals surface area contributed by atoms with E-state index in [0.29, 0.717) is 13.1 Å². The molecule has 2 N–H and O–H groups in total. The molecule has 0 spiro atoms. The van der Waals surface area contributed by atoms with Crippen LogP contribution in [-0.2, 0) is 27.7 Å². The van der Waals surface area contributed by atoms with Crippen LogP contribution in [0.25, 0.3) is 11.0 Å². The molecule has 0 unspecified atom stereocenters. The van der Waals surface area contributed by atoms with Gasteiger partial charge in [-0.3, -0.25) is 20.4 Å². The summed E-state index contributed by atoms with van der Waals surface area (Å²) in [6.45, 7) is 3.09. The molecule has 2 aromatic carbocycles. The largest absolute Gasteiger partial charge is 0.464 e. The Morgan fingerprint density at radius 3 is 2.44 bits per heavy atom. The van der Waals surface area contributed by atoms with Crippen molar-refractivity contribution < 1.29 is 22.4 Å². The monoisotopic (exact) mass is 455 g/mol. The maximum absolute atomic E-state index is 12.6. The van der Waals surface area contributed by atoms with Gasteiger partial charge in [0.05, 0.1) is 17.6 Å². The van der Waals surface area contributed by atoms with Crippen molar-refractivity contribution in [2.75, 3.05) is 13.1 Å². The zero-order valence-corrected chi connectivity index (χ0v) is 18.6. The van der Waals surface area contributed by atoms with Gasteiger partial charge in [0.1, 0.15) is 5.58 Å². The van der Waals surface area contributed by atoms with E-state index in [1.807, 2.05) is 18.2 Å². The first-order valence-corrected chi connectivity index (χ1v) is 12.0. The third-order valence-electron chi connectivity index (χ3n) is 5.61. The number of fused-ring (bicyclic) bond motifs is 1. The molecule has 1 aliphatic heterocycles. The molecule has 0 aliphatic carbocycles. The molecular weight excluding hydrogens is 430 g/mol. The van der Waals surface area contributed by atoms with E-state index < -0.39 is 21.8 Å². The van der Waals surface area contributed by atoms with Crippen LogP contribution < -0.4 is 10.9 Å². The number of hydrogen-bond acceptors (Lipinski definition) is 5. The number of hydrogen-bond donors (Lipinski definition) is 2. The molecule has 2 heterocycles. The van der Waals surface area contributed by atoms with Gasteiger partial charge in [0.2, 0.25) is 15.9 Å². The first kappa shape index (κ1) is 22.0. The summed E-state index contributed by atoms with van der Waals surface area (Å²) in [5.74, 6) is -0.929. The average Bonchev–Trinajstić information content (AvgIpc) is 3.48. The molecule has 32 heavy (non-hydrogen) atoms. The lowest BCUT2D eigenvalue weighted by atomic mass is 10.1. The second-order valence-electron chi connectivity index (χ2n) is 7.76. The molecular formula is C23H25N3O5S. The molecule has 4 rings (SSSR count). The highest BCUT2D eigenvalue weighted by atomic mass is 32.2. The number of hydrazine groups is 1. The van der Waals surface area contributed by atoms with Gasteiger partial charge in [0, 0.05) is 29.6 Å². The number of rotatable bonds is 6. The fraction of sp³-hybridized carbons (Fsp3) is 0.304. The lowest BCUT2D eigenvalue weighted by Gasteiger charge is -2.15. The summed E-state index contributed by atoms with van der Waals surface area (Å²) in [7, 11) is -3.54. The Morgan fingerprint density at radius 2 is 1.75 bits per heavy atom. The fourth-order valence-corrected chi connectivity index (χ4v) is 5.27. The van der Waals surface area contributed by atoms with Gasteiger partial charge < -0.3 is 4.42 Å². The molecule has 0 bridgehead atoms. The molecule has 8 nitrogen and oxygen atoms in total. The van der Waals surface area contributed by atoms with E-state index in [-0.39, 0.29) is 16.9 Å². The summed E-state index contributed by atoms with van der Waals surface area (Å²) in [6, 6.07) is 11.6. The Labute approximate surface area is 186 Å². The number of furan rings is 1. The van der Waals surface area contributed by atoms with Crippen molar-refractivity contribution >= 4 is 32.8 Å². The summed E-state index contributed by atoms with van der Waals surface area (Å²) >= 11 is 0. The smallest absolute Gasteiger partial charge is 0.269 e. The number of carbonyl (C=O) groups is 2. The third-order valence-corrected chi connectivity index (χ3v) is 7.53. The Hall–Kier alpha value is -3.17. The van der Waals surface area contributed by atoms with Gasteiger partial charge in [-0.2, -0.15) is 4.31 Å². The summed E-state index contributed by atoms with van der Waals surface area (Å²) < 4.78 is 32.1. The van der Waals surface area contributed by atoms with Crippen LogP contribution in [0.2, 0.25) is 0 Å². The van der Waals surface area contributed by atoms with Crippen molar-refractivity contribution in [2.45, 2.75) is 37.5 Å². The number of aryl methyl sites for hydroxylation is 1. The zero-order valence-electron chi connectivity index (χ0n) is 17.8. The molecule has 168 valence electrons. The molecule has 1 fully saturated rings. The van der Waals surface area contributed by atoms with Crippen molar-refractivity contribution in [3.8, 4) is 0 Å². The number of carbonyl (C=O) groups excluding carboxylic acids is 2. The molecule has 1 aliphatic rings. The van der Waals surface area contributed by atoms with Gasteiger partial charge in [-0.1, -0.05) is 19.1 Å². The fourth-order valence-electron chi connectivity index (χ4n) is 3.76. The van der Waals surface area contributed by atoms with E-state index in [1.165, 1.54) is 28.6 Å². The second-order valence-corrected chi connectivity index (χ2v) is 9.70. The number of benzene rings is 2. The predicted molar refractivity (Wildman–Crippen MR) is 119 cm³/mol. The van der Waals surface area contributed by atoms with E-state index in [1.54, 1.807) is 6.26 Å². The molecule has 1 saturated heterocycles. The maximum Gasteiger partial charge on any atom is 0.269 e. The summed E-state index contributed by atoms with van der Waals surface area (Å²) in [5.41, 5.74) is 7.59. The number of nitrogens with one attached hydrogen (secondary N) is 2. The van der Waals surface area contributed by atoms with Gasteiger partial charge >= 0.3 is 0 Å². The topological polar surface area (TPSA) is 109 Å². The molecule has 9 heteroatoms. The van der Waals surface area contributed by atoms with Gasteiger partial charge in [0.15, 0.2) is 0 Å². The summed E-state index contributed by atoms with van der Waals surface area (Å²) in [5, 5.41) is 0.860. The Bertz CT molecular complexity index is 1240. The highest BCUT2D eigenvalue weighted by molar-refractivity contribution is 7.89. The minimum absolute atomic E-state index is 0.0474. The Kier molecular flexibility index (Phi) is 6.29. The van der Waals surface area contributed by atoms with Gasteiger partial charge in [-0.05, 0) is 55.2 Å². The van der Waals surface area contributed by atoms with E-state index in [2.05, 4.69) is 17.8 Å². The standard InChI is InChI=1S/C23H25N3O5S/c1-2-16-5-10-20-18(15-31-21(20)13-16)14-22(27)24-25-23(28)17-6-8-19(9-7-17)32(29,30)26-11-3-4-12-26/h5-10,13,15H,2-4,11-12,14H2,1H3,(H,24,27)(H,25,28). The van der Waals surface area contributed by atoms with E-state index >= 15 is 0 Å². The second kappa shape index (κ2) is 9.13. The van der Waals surface area contributed by atoms with Crippen LogP contribution in [0.15, 0.2) is 58.0 Å². The van der Waals surface area contributed by atoms with Crippen molar-refractivity contribution in [1.29, 1.82) is 0 Å². The molecule has 0 radical (unpaired) electrons. The summed E-state index contributed by atoms with van der Waals surface area (Å²) in [4.78, 5) is 24.8. The van der Waals surface area contributed by atoms with Crippen LogP contribution in [0.3, 0.4) is 0 Å². The van der Waals surface area contributed by atoms with Crippen LogP contribution in [-0.4, -0.2) is 37.6 Å². The molecule has 0 saturated carbocycles. The number of amides is 2. The van der Waals surface area contributed by atoms with Crippen LogP contribution in [0.1, 0.15) is 41.3 Å². The van der Waals surface area contributed by atoms with Crippen molar-refractivity contribution in [3.05, 3.63) is 65.4 Å². The van der Waals surface area contributed by atoms with E-state index in [0.717, 1.165) is 41.4 Å². The van der Waals surface area contributed by atoms with Crippen molar-refractivity contribution in [3.63, 3.8) is 0 Å². The van der Waals surface area contributed by atoms with E-state index in [4.69, 9.17) is 4.42 Å². The highest BCUT2D eigenvalue weighted by Crippen LogP contribution is 2.23. The SMILES string of the molecule is CCc1ccc2c(CC(=O)NNC(=O)c3ccc(S(=O)(=O)N4CCCC4)cc3)coc2c1. The lowest BCUT2D eigenvalue weighted by molar-refractivity contribution is -0.121. The molecule has 2 amide bonds. The lowest BCUT2D eigenvalue weighted by Crippen LogP contribution is -2.42. The normalized spacial score (nSPS) is 14.5. The third kappa shape index (κ3) is 4.53. The first-order chi connectivity index (χ1) is 15.4. The molecule has 0 atom stereocenters. The number of nitrogens with zero attached hydrogens (tertiary/aromatic N) is 1. The van der Waals surface area contributed by atoms with Crippen molar-refractivity contribution in [2.24, 2.45) is 0 Å². The predicted octanol–water partition coefficient (Wildman–Crippen LogP) is 2.78. The quantitative estimate of drug-likeness (QED) is 0.556. The van der Waals surface area contributed by atoms with Crippen LogP contribution in [0.5, 0.6) is 0 Å². The first-order valence-electron chi connectivity index (χ1n) is 10.6. The van der Waals surface area contributed by atoms with Gasteiger partial charge in [-0.15, -0.1) is 0 Å². The summed E-state index contributed by atoms with van der Waals surface area (Å²) in [6.07, 6.45) is 4.20. The van der Waals surface area contributed by atoms with Crippen LogP contribution >= 0.6 is 0 Å². The van der Waals surface area contributed by atoms with Crippen LogP contribution in [0, 0.1) is 0 Å². The zero-order chi connectivity index (χ0) is 22.7. The minimum atomic E-state index is -3.54. The van der Waals surface area contributed by atoms with Gasteiger partial charge in [-0.25, -0.2) is 8.42 Å².